The molecule has 0 aliphatic heterocycles. The molecule has 1 fully saturated rings. The number of fused-ring (bicyclic) bond motifs is 1. The Bertz CT molecular complexity index is 1640. The van der Waals surface area contributed by atoms with Crippen molar-refractivity contribution in [1.29, 1.82) is 0 Å². The summed E-state index contributed by atoms with van der Waals surface area (Å²) >= 11 is 0. The van der Waals surface area contributed by atoms with E-state index in [1.165, 1.54) is 5.56 Å². The van der Waals surface area contributed by atoms with Gasteiger partial charge in [-0.05, 0) is 72.2 Å². The van der Waals surface area contributed by atoms with E-state index >= 15 is 0 Å². The van der Waals surface area contributed by atoms with Crippen molar-refractivity contribution in [2.75, 3.05) is 10.6 Å². The molecule has 5 rings (SSSR count). The van der Waals surface area contributed by atoms with Crippen molar-refractivity contribution in [1.82, 2.24) is 19.5 Å². The van der Waals surface area contributed by atoms with Crippen LogP contribution < -0.4 is 10.6 Å². The molecule has 0 atom stereocenters. The van der Waals surface area contributed by atoms with E-state index in [1.807, 2.05) is 60.2 Å². The third kappa shape index (κ3) is 7.71. The molecule has 2 aromatic heterocycles. The molecule has 0 saturated heterocycles. The van der Waals surface area contributed by atoms with Crippen LogP contribution in [-0.4, -0.2) is 48.7 Å². The largest absolute Gasteiger partial charge is 0.490 e. The molecule has 0 radical (unpaired) electrons. The summed E-state index contributed by atoms with van der Waals surface area (Å²) in [6, 6.07) is 14.2. The molecular formula is C30H31F3N6O3. The highest BCUT2D eigenvalue weighted by Gasteiger charge is 2.38. The summed E-state index contributed by atoms with van der Waals surface area (Å²) in [6.45, 7) is 8.51. The van der Waals surface area contributed by atoms with Crippen LogP contribution in [0.5, 0.6) is 0 Å². The van der Waals surface area contributed by atoms with Gasteiger partial charge in [-0.15, -0.1) is 0 Å². The number of aliphatic carboxylic acids is 1. The first-order valence-electron chi connectivity index (χ1n) is 13.2. The molecule has 2 heterocycles. The topological polar surface area (TPSA) is 122 Å². The zero-order valence-corrected chi connectivity index (χ0v) is 23.5. The van der Waals surface area contributed by atoms with Crippen LogP contribution in [0, 0.1) is 6.92 Å². The number of halogens is 3. The Morgan fingerprint density at radius 1 is 1.05 bits per heavy atom. The monoisotopic (exact) mass is 580 g/mol. The van der Waals surface area contributed by atoms with E-state index in [0.717, 1.165) is 46.6 Å². The van der Waals surface area contributed by atoms with Crippen molar-refractivity contribution in [2.45, 2.75) is 58.2 Å². The normalized spacial score (nSPS) is 13.5. The first-order chi connectivity index (χ1) is 19.7. The summed E-state index contributed by atoms with van der Waals surface area (Å²) < 4.78 is 33.6. The Balaban J connectivity index is 0.000000517. The molecule has 9 nitrogen and oxygen atoms in total. The van der Waals surface area contributed by atoms with Gasteiger partial charge in [0.2, 0.25) is 0 Å². The van der Waals surface area contributed by atoms with Gasteiger partial charge in [0.05, 0.1) is 0 Å². The highest BCUT2D eigenvalue weighted by atomic mass is 19.4. The van der Waals surface area contributed by atoms with Crippen LogP contribution in [0.15, 0.2) is 55.1 Å². The van der Waals surface area contributed by atoms with Gasteiger partial charge in [-0.3, -0.25) is 9.36 Å². The number of carboxylic acids is 1. The van der Waals surface area contributed by atoms with Crippen LogP contribution in [0.2, 0.25) is 0 Å². The summed E-state index contributed by atoms with van der Waals surface area (Å²) in [5.41, 5.74) is 6.10. The predicted octanol–water partition coefficient (Wildman–Crippen LogP) is 6.52. The van der Waals surface area contributed by atoms with E-state index in [-0.39, 0.29) is 11.3 Å². The molecule has 0 unspecified atom stereocenters. The fourth-order valence-corrected chi connectivity index (χ4v) is 3.88. The number of rotatable bonds is 6. The highest BCUT2D eigenvalue weighted by Crippen LogP contribution is 2.27. The first kappa shape index (κ1) is 30.2. The zero-order chi connectivity index (χ0) is 30.7. The van der Waals surface area contributed by atoms with Crippen LogP contribution >= 0.6 is 0 Å². The van der Waals surface area contributed by atoms with Gasteiger partial charge in [-0.1, -0.05) is 39.0 Å². The van der Waals surface area contributed by atoms with Crippen LogP contribution in [0.3, 0.4) is 0 Å². The van der Waals surface area contributed by atoms with E-state index in [2.05, 4.69) is 52.4 Å². The molecule has 2 aromatic carbocycles. The average Bonchev–Trinajstić information content (AvgIpc) is 3.64. The lowest BCUT2D eigenvalue weighted by Gasteiger charge is -2.20. The second-order valence-corrected chi connectivity index (χ2v) is 10.9. The van der Waals surface area contributed by atoms with Gasteiger partial charge in [0.25, 0.3) is 5.91 Å². The second-order valence-electron chi connectivity index (χ2n) is 10.9. The smallest absolute Gasteiger partial charge is 0.475 e. The highest BCUT2D eigenvalue weighted by molar-refractivity contribution is 6.04. The third-order valence-electron chi connectivity index (χ3n) is 6.46. The number of alkyl halides is 3. The van der Waals surface area contributed by atoms with Crippen LogP contribution in [0.1, 0.15) is 60.7 Å². The maximum atomic E-state index is 13.0. The Morgan fingerprint density at radius 3 is 2.40 bits per heavy atom. The lowest BCUT2D eigenvalue weighted by atomic mass is 9.87. The molecular weight excluding hydrogens is 549 g/mol. The summed E-state index contributed by atoms with van der Waals surface area (Å²) in [5, 5.41) is 13.6. The molecule has 1 aliphatic rings. The number of aromatic nitrogens is 4. The summed E-state index contributed by atoms with van der Waals surface area (Å²) in [5.74, 6) is -2.12. The molecule has 0 bridgehead atoms. The Hall–Kier alpha value is -4.74. The molecule has 42 heavy (non-hydrogen) atoms. The van der Waals surface area contributed by atoms with E-state index in [0.29, 0.717) is 11.6 Å². The molecule has 12 heteroatoms. The molecule has 1 saturated carbocycles. The molecule has 0 spiro atoms. The number of carbonyl (C=O) groups excluding carboxylic acids is 1. The lowest BCUT2D eigenvalue weighted by molar-refractivity contribution is -0.192. The number of nitrogens with zero attached hydrogens (tertiary/aromatic N) is 4. The number of aryl methyl sites for hydroxylation is 1. The number of nitrogens with one attached hydrogen (secondary N) is 2. The number of hydrogen-bond acceptors (Lipinski definition) is 6. The summed E-state index contributed by atoms with van der Waals surface area (Å²) in [7, 11) is 0. The number of anilines is 2. The van der Waals surface area contributed by atoms with Gasteiger partial charge in [-0.25, -0.2) is 19.7 Å². The lowest BCUT2D eigenvalue weighted by Crippen LogP contribution is -2.21. The number of hydrogen-bond donors (Lipinski definition) is 3. The number of carbonyl (C=O) groups is 2. The minimum atomic E-state index is -5.08. The van der Waals surface area contributed by atoms with Gasteiger partial charge in [0.15, 0.2) is 17.0 Å². The maximum absolute atomic E-state index is 13.0. The SMILES string of the molecule is Cc1ccc(C(=O)Nc2cccc(C(C)(C)C)c2)cc1/C=C/n1cnc2c(NC3CC3)ncnc21.O=C(O)C(F)(F)F. The van der Waals surface area contributed by atoms with Crippen molar-refractivity contribution in [3.8, 4) is 0 Å². The van der Waals surface area contributed by atoms with Crippen molar-refractivity contribution in [3.05, 3.63) is 77.4 Å². The molecule has 4 aromatic rings. The van der Waals surface area contributed by atoms with Gasteiger partial charge in [0.1, 0.15) is 12.7 Å². The van der Waals surface area contributed by atoms with E-state index in [9.17, 15) is 18.0 Å². The summed E-state index contributed by atoms with van der Waals surface area (Å²) in [6.07, 6.45) is 4.43. The number of imidazole rings is 1. The van der Waals surface area contributed by atoms with E-state index < -0.39 is 12.1 Å². The maximum Gasteiger partial charge on any atom is 0.490 e. The molecule has 220 valence electrons. The minimum absolute atomic E-state index is 0.0136. The van der Waals surface area contributed by atoms with Crippen molar-refractivity contribution in [2.24, 2.45) is 0 Å². The third-order valence-corrected chi connectivity index (χ3v) is 6.46. The van der Waals surface area contributed by atoms with Crippen LogP contribution in [-0.2, 0) is 10.2 Å². The van der Waals surface area contributed by atoms with Gasteiger partial charge in [0, 0.05) is 23.5 Å². The van der Waals surface area contributed by atoms with Crippen molar-refractivity contribution >= 4 is 46.8 Å². The number of benzene rings is 2. The van der Waals surface area contributed by atoms with E-state index in [4.69, 9.17) is 9.90 Å². The van der Waals surface area contributed by atoms with Crippen LogP contribution in [0.25, 0.3) is 23.4 Å². The van der Waals surface area contributed by atoms with Gasteiger partial charge >= 0.3 is 12.1 Å². The molecule has 1 aliphatic carbocycles. The fraction of sp³-hybridized carbons (Fsp3) is 0.300. The molecule has 3 N–H and O–H groups in total. The molecule has 1 amide bonds. The quantitative estimate of drug-likeness (QED) is 0.237. The fourth-order valence-electron chi connectivity index (χ4n) is 3.88. The van der Waals surface area contributed by atoms with Gasteiger partial charge < -0.3 is 15.7 Å². The van der Waals surface area contributed by atoms with Crippen LogP contribution in [0.4, 0.5) is 24.7 Å². The average molecular weight is 581 g/mol. The predicted molar refractivity (Wildman–Crippen MR) is 155 cm³/mol. The van der Waals surface area contributed by atoms with Gasteiger partial charge in [-0.2, -0.15) is 13.2 Å². The minimum Gasteiger partial charge on any atom is -0.475 e. The second kappa shape index (κ2) is 12.0. The standard InChI is InChI=1S/C28H30N6O.C2HF3O2/c1-18-8-9-20(27(35)33-23-7-5-6-21(15-23)28(2,3)4)14-19(18)12-13-34-17-31-24-25(32-22-10-11-22)29-16-30-26(24)34;3-2(4,5)1(6)7/h5-9,12-17,22H,10-11H2,1-4H3,(H,33,35)(H,29,30,32);(H,6,7)/b13-12+;. The first-order valence-corrected chi connectivity index (χ1v) is 13.2. The Morgan fingerprint density at radius 2 is 1.76 bits per heavy atom. The zero-order valence-electron chi connectivity index (χ0n) is 23.5. The summed E-state index contributed by atoms with van der Waals surface area (Å²) in [4.78, 5) is 35.2. The van der Waals surface area contributed by atoms with Crippen molar-refractivity contribution in [3.63, 3.8) is 0 Å². The number of amides is 1. The Kier molecular flexibility index (Phi) is 8.64. The Labute approximate surface area is 240 Å². The number of carboxylic acid groups (broad SMARTS) is 1. The van der Waals surface area contributed by atoms with E-state index in [1.54, 1.807) is 12.7 Å². The van der Waals surface area contributed by atoms with Crippen molar-refractivity contribution < 1.29 is 27.9 Å².